The molecule has 5 nitrogen and oxygen atoms in total. The molecule has 0 radical (unpaired) electrons. The minimum Gasteiger partial charge on any atom is -0.358 e. The van der Waals surface area contributed by atoms with Crippen molar-refractivity contribution in [3.05, 3.63) is 30.0 Å². The van der Waals surface area contributed by atoms with Crippen LogP contribution in [0.1, 0.15) is 6.92 Å². The molecule has 0 aromatic carbocycles. The molecule has 0 saturated heterocycles. The third kappa shape index (κ3) is 2.56. The third-order valence-electron chi connectivity index (χ3n) is 2.94. The lowest BCUT2D eigenvalue weighted by Crippen LogP contribution is -2.34. The second kappa shape index (κ2) is 4.99. The van der Waals surface area contributed by atoms with Crippen molar-refractivity contribution in [2.45, 2.75) is 19.1 Å². The number of rotatable bonds is 3. The summed E-state index contributed by atoms with van der Waals surface area (Å²) in [7, 11) is 0. The number of hydrogen-bond donors (Lipinski definition) is 1. The van der Waals surface area contributed by atoms with Crippen LogP contribution in [0.3, 0.4) is 0 Å². The molecule has 0 aliphatic rings. The Kier molecular flexibility index (Phi) is 3.28. The predicted molar refractivity (Wildman–Crippen MR) is 73.2 cm³/mol. The monoisotopic (exact) mass is 313 g/mol. The molecule has 3 rings (SSSR count). The molecule has 21 heavy (non-hydrogen) atoms. The number of anilines is 1. The molecule has 0 unspecified atom stereocenters. The second-order valence-electron chi connectivity index (χ2n) is 4.38. The highest BCUT2D eigenvalue weighted by Crippen LogP contribution is 2.33. The van der Waals surface area contributed by atoms with Gasteiger partial charge >= 0.3 is 6.18 Å². The van der Waals surface area contributed by atoms with Crippen molar-refractivity contribution in [1.82, 2.24) is 19.6 Å². The molecule has 0 bridgehead atoms. The molecule has 0 spiro atoms. The van der Waals surface area contributed by atoms with Gasteiger partial charge in [-0.1, -0.05) is 6.07 Å². The zero-order valence-electron chi connectivity index (χ0n) is 10.8. The Bertz CT molecular complexity index is 750. The van der Waals surface area contributed by atoms with E-state index >= 15 is 0 Å². The minimum atomic E-state index is -4.36. The Hall–Kier alpha value is -2.16. The summed E-state index contributed by atoms with van der Waals surface area (Å²) < 4.78 is 39.7. The number of thiophene rings is 1. The van der Waals surface area contributed by atoms with E-state index in [1.807, 2.05) is 17.5 Å². The molecule has 3 aromatic rings. The fraction of sp³-hybridized carbons (Fsp3) is 0.250. The number of aromatic nitrogens is 4. The van der Waals surface area contributed by atoms with Crippen LogP contribution < -0.4 is 5.32 Å². The van der Waals surface area contributed by atoms with Crippen LogP contribution in [0.25, 0.3) is 16.2 Å². The molecular formula is C12H10F3N5S. The van der Waals surface area contributed by atoms with Crippen molar-refractivity contribution >= 4 is 22.9 Å². The lowest BCUT2D eigenvalue weighted by atomic mass is 10.2. The van der Waals surface area contributed by atoms with E-state index in [0.29, 0.717) is 5.56 Å². The summed E-state index contributed by atoms with van der Waals surface area (Å²) in [5.41, 5.74) is 0.555. The normalized spacial score (nSPS) is 13.5. The number of fused-ring (bicyclic) bond motifs is 1. The van der Waals surface area contributed by atoms with Crippen molar-refractivity contribution in [3.63, 3.8) is 0 Å². The quantitative estimate of drug-likeness (QED) is 0.806. The fourth-order valence-corrected chi connectivity index (χ4v) is 2.55. The Morgan fingerprint density at radius 1 is 1.33 bits per heavy atom. The minimum absolute atomic E-state index is 0.227. The van der Waals surface area contributed by atoms with Crippen molar-refractivity contribution < 1.29 is 13.2 Å². The van der Waals surface area contributed by atoms with Gasteiger partial charge in [-0.25, -0.2) is 4.98 Å². The van der Waals surface area contributed by atoms with Crippen LogP contribution in [0.15, 0.2) is 30.0 Å². The average molecular weight is 313 g/mol. The van der Waals surface area contributed by atoms with E-state index in [0.717, 1.165) is 11.8 Å². The summed E-state index contributed by atoms with van der Waals surface area (Å²) in [6, 6.07) is 1.92. The molecule has 3 aromatic heterocycles. The van der Waals surface area contributed by atoms with Gasteiger partial charge in [0.05, 0.1) is 5.56 Å². The molecule has 0 amide bonds. The zero-order chi connectivity index (χ0) is 15.0. The van der Waals surface area contributed by atoms with Crippen molar-refractivity contribution in [1.29, 1.82) is 0 Å². The van der Waals surface area contributed by atoms with Gasteiger partial charge in [0.25, 0.3) is 5.78 Å². The highest BCUT2D eigenvalue weighted by atomic mass is 32.1. The molecule has 110 valence electrons. The van der Waals surface area contributed by atoms with E-state index in [2.05, 4.69) is 20.4 Å². The Balaban J connectivity index is 2.13. The van der Waals surface area contributed by atoms with Crippen LogP contribution in [-0.2, 0) is 0 Å². The Labute approximate surface area is 121 Å². The largest absolute Gasteiger partial charge is 0.408 e. The van der Waals surface area contributed by atoms with Gasteiger partial charge in [-0.2, -0.15) is 27.8 Å². The van der Waals surface area contributed by atoms with Gasteiger partial charge in [-0.05, 0) is 18.4 Å². The highest BCUT2D eigenvalue weighted by molar-refractivity contribution is 7.13. The van der Waals surface area contributed by atoms with Crippen LogP contribution in [0.5, 0.6) is 0 Å². The van der Waals surface area contributed by atoms with Gasteiger partial charge in [-0.15, -0.1) is 11.3 Å². The summed E-state index contributed by atoms with van der Waals surface area (Å²) in [5.74, 6) is 0.469. The Morgan fingerprint density at radius 2 is 2.14 bits per heavy atom. The molecule has 1 atom stereocenters. The summed E-state index contributed by atoms with van der Waals surface area (Å²) in [4.78, 5) is 8.80. The van der Waals surface area contributed by atoms with Gasteiger partial charge in [0.1, 0.15) is 18.2 Å². The fourth-order valence-electron chi connectivity index (χ4n) is 1.82. The van der Waals surface area contributed by atoms with E-state index < -0.39 is 12.2 Å². The van der Waals surface area contributed by atoms with Crippen LogP contribution in [0.4, 0.5) is 19.0 Å². The molecule has 9 heteroatoms. The summed E-state index contributed by atoms with van der Waals surface area (Å²) in [5, 5.41) is 8.26. The SMILES string of the molecule is C[C@@H](Nc1c(-c2cccs2)cnc2ncnn12)C(F)(F)F. The molecule has 0 fully saturated rings. The van der Waals surface area contributed by atoms with E-state index in [1.165, 1.54) is 28.4 Å². The first kappa shape index (κ1) is 13.8. The summed E-state index contributed by atoms with van der Waals surface area (Å²) in [6.07, 6.45) is -1.60. The predicted octanol–water partition coefficient (Wildman–Crippen LogP) is 3.22. The summed E-state index contributed by atoms with van der Waals surface area (Å²) >= 11 is 1.41. The third-order valence-corrected chi connectivity index (χ3v) is 3.84. The van der Waals surface area contributed by atoms with Crippen molar-refractivity contribution in [2.24, 2.45) is 0 Å². The van der Waals surface area contributed by atoms with Gasteiger partial charge in [-0.3, -0.25) is 0 Å². The molecular weight excluding hydrogens is 303 g/mol. The molecule has 0 saturated carbocycles. The second-order valence-corrected chi connectivity index (χ2v) is 5.32. The number of hydrogen-bond acceptors (Lipinski definition) is 5. The van der Waals surface area contributed by atoms with E-state index in [4.69, 9.17) is 0 Å². The maximum atomic E-state index is 12.8. The maximum absolute atomic E-state index is 12.8. The Morgan fingerprint density at radius 3 is 2.81 bits per heavy atom. The molecule has 0 aliphatic carbocycles. The summed E-state index contributed by atoms with van der Waals surface area (Å²) in [6.45, 7) is 1.06. The lowest BCUT2D eigenvalue weighted by molar-refractivity contribution is -0.138. The van der Waals surface area contributed by atoms with Crippen LogP contribution >= 0.6 is 11.3 Å². The smallest absolute Gasteiger partial charge is 0.358 e. The number of alkyl halides is 3. The first-order chi connectivity index (χ1) is 9.97. The van der Waals surface area contributed by atoms with Gasteiger partial charge < -0.3 is 5.32 Å². The molecule has 0 aliphatic heterocycles. The van der Waals surface area contributed by atoms with Gasteiger partial charge in [0.15, 0.2) is 0 Å². The number of nitrogens with zero attached hydrogens (tertiary/aromatic N) is 4. The standard InChI is InChI=1S/C12H10F3N5S/c1-7(12(13,14)15)19-10-8(9-3-2-4-21-9)5-16-11-17-6-18-20(10)11/h2-7,19H,1H3/t7-/m1/s1. The molecule has 1 N–H and O–H groups in total. The van der Waals surface area contributed by atoms with Crippen LogP contribution in [-0.4, -0.2) is 31.8 Å². The maximum Gasteiger partial charge on any atom is 0.408 e. The van der Waals surface area contributed by atoms with Crippen LogP contribution in [0.2, 0.25) is 0 Å². The molecule has 3 heterocycles. The highest BCUT2D eigenvalue weighted by Gasteiger charge is 2.37. The zero-order valence-corrected chi connectivity index (χ0v) is 11.6. The van der Waals surface area contributed by atoms with Gasteiger partial charge in [0, 0.05) is 11.1 Å². The van der Waals surface area contributed by atoms with Crippen molar-refractivity contribution in [3.8, 4) is 10.4 Å². The topological polar surface area (TPSA) is 55.1 Å². The average Bonchev–Trinajstić information content (AvgIpc) is 3.08. The van der Waals surface area contributed by atoms with Gasteiger partial charge in [0.2, 0.25) is 0 Å². The number of nitrogens with one attached hydrogen (secondary N) is 1. The van der Waals surface area contributed by atoms with Crippen molar-refractivity contribution in [2.75, 3.05) is 5.32 Å². The van der Waals surface area contributed by atoms with E-state index in [9.17, 15) is 13.2 Å². The van der Waals surface area contributed by atoms with Crippen LogP contribution in [0, 0.1) is 0 Å². The lowest BCUT2D eigenvalue weighted by Gasteiger charge is -2.20. The van der Waals surface area contributed by atoms with E-state index in [-0.39, 0.29) is 11.6 Å². The van der Waals surface area contributed by atoms with E-state index in [1.54, 1.807) is 0 Å². The number of halogens is 3. The first-order valence-corrected chi connectivity index (χ1v) is 6.90. The first-order valence-electron chi connectivity index (χ1n) is 6.02.